The monoisotopic (exact) mass is 251 g/mol. The number of nitrogens with two attached hydrogens (primary N) is 1. The molecule has 0 radical (unpaired) electrons. The topological polar surface area (TPSA) is 35.2 Å². The van der Waals surface area contributed by atoms with Crippen LogP contribution in [0.4, 0.5) is 0 Å². The normalized spacial score (nSPS) is 24.8. The van der Waals surface area contributed by atoms with Gasteiger partial charge >= 0.3 is 0 Å². The van der Waals surface area contributed by atoms with E-state index in [1.807, 2.05) is 17.8 Å². The maximum absolute atomic E-state index is 5.88. The largest absolute Gasteiger partial charge is 0.377 e. The fourth-order valence-corrected chi connectivity index (χ4v) is 2.91. The Morgan fingerprint density at radius 3 is 2.53 bits per heavy atom. The summed E-state index contributed by atoms with van der Waals surface area (Å²) >= 11 is 1.86. The van der Waals surface area contributed by atoms with Crippen LogP contribution in [-0.2, 0) is 4.74 Å². The van der Waals surface area contributed by atoms with Crippen molar-refractivity contribution in [3.8, 4) is 0 Å². The number of benzene rings is 1. The smallest absolute Gasteiger partial charge is 0.0576 e. The molecule has 0 spiro atoms. The molecule has 2 N–H and O–H groups in total. The summed E-state index contributed by atoms with van der Waals surface area (Å²) in [5, 5.41) is 0. The van der Waals surface area contributed by atoms with Gasteiger partial charge in [-0.3, -0.25) is 0 Å². The van der Waals surface area contributed by atoms with Gasteiger partial charge in [0.25, 0.3) is 0 Å². The van der Waals surface area contributed by atoms with Gasteiger partial charge in [0.2, 0.25) is 0 Å². The van der Waals surface area contributed by atoms with Crippen molar-refractivity contribution in [2.45, 2.75) is 42.7 Å². The molecular formula is C14H21NOS. The Balaban J connectivity index is 1.57. The van der Waals surface area contributed by atoms with E-state index in [4.69, 9.17) is 10.5 Å². The van der Waals surface area contributed by atoms with E-state index in [9.17, 15) is 0 Å². The Kier molecular flexibility index (Phi) is 5.36. The van der Waals surface area contributed by atoms with Crippen molar-refractivity contribution in [2.24, 2.45) is 5.73 Å². The van der Waals surface area contributed by atoms with Crippen molar-refractivity contribution >= 4 is 11.8 Å². The van der Waals surface area contributed by atoms with Gasteiger partial charge in [0.15, 0.2) is 0 Å². The van der Waals surface area contributed by atoms with Gasteiger partial charge in [-0.05, 0) is 37.8 Å². The first-order chi connectivity index (χ1) is 8.34. The molecule has 17 heavy (non-hydrogen) atoms. The lowest BCUT2D eigenvalue weighted by Gasteiger charge is -2.26. The average molecular weight is 251 g/mol. The lowest BCUT2D eigenvalue weighted by atomic mass is 9.94. The molecule has 0 heterocycles. The fraction of sp³-hybridized carbons (Fsp3) is 0.571. The van der Waals surface area contributed by atoms with Gasteiger partial charge in [-0.25, -0.2) is 0 Å². The van der Waals surface area contributed by atoms with Crippen molar-refractivity contribution in [1.82, 2.24) is 0 Å². The van der Waals surface area contributed by atoms with Crippen molar-refractivity contribution < 1.29 is 4.74 Å². The first kappa shape index (κ1) is 12.9. The molecular weight excluding hydrogens is 230 g/mol. The molecule has 3 heteroatoms. The summed E-state index contributed by atoms with van der Waals surface area (Å²) in [5.74, 6) is 1.03. The number of hydrogen-bond acceptors (Lipinski definition) is 3. The minimum atomic E-state index is 0.411. The van der Waals surface area contributed by atoms with Crippen LogP contribution in [0.25, 0.3) is 0 Å². The summed E-state index contributed by atoms with van der Waals surface area (Å²) in [5.41, 5.74) is 5.87. The van der Waals surface area contributed by atoms with Gasteiger partial charge in [-0.2, -0.15) is 0 Å². The SMILES string of the molecule is NC1CCC(OCCSc2ccccc2)CC1. The third-order valence-corrected chi connectivity index (χ3v) is 4.14. The molecule has 1 aromatic rings. The second-order valence-corrected chi connectivity index (χ2v) is 5.74. The van der Waals surface area contributed by atoms with Crippen LogP contribution < -0.4 is 5.73 Å². The average Bonchev–Trinajstić information content (AvgIpc) is 2.38. The van der Waals surface area contributed by atoms with Crippen molar-refractivity contribution in [1.29, 1.82) is 0 Å². The Morgan fingerprint density at radius 1 is 1.12 bits per heavy atom. The highest BCUT2D eigenvalue weighted by molar-refractivity contribution is 7.99. The first-order valence-electron chi connectivity index (χ1n) is 6.39. The minimum Gasteiger partial charge on any atom is -0.377 e. The first-order valence-corrected chi connectivity index (χ1v) is 7.38. The summed E-state index contributed by atoms with van der Waals surface area (Å²) in [7, 11) is 0. The molecule has 0 bridgehead atoms. The molecule has 0 aliphatic heterocycles. The van der Waals surface area contributed by atoms with E-state index in [1.54, 1.807) is 0 Å². The van der Waals surface area contributed by atoms with Crippen molar-refractivity contribution in [3.63, 3.8) is 0 Å². The molecule has 0 amide bonds. The van der Waals surface area contributed by atoms with Gasteiger partial charge in [0.1, 0.15) is 0 Å². The summed E-state index contributed by atoms with van der Waals surface area (Å²) < 4.78 is 5.88. The molecule has 1 aliphatic carbocycles. The van der Waals surface area contributed by atoms with E-state index in [0.29, 0.717) is 12.1 Å². The maximum atomic E-state index is 5.88. The zero-order chi connectivity index (χ0) is 11.9. The molecule has 0 atom stereocenters. The standard InChI is InChI=1S/C14H21NOS/c15-12-6-8-13(9-7-12)16-10-11-17-14-4-2-1-3-5-14/h1-5,12-13H,6-11,15H2. The predicted molar refractivity (Wildman–Crippen MR) is 73.3 cm³/mol. The van der Waals surface area contributed by atoms with Gasteiger partial charge in [-0.15, -0.1) is 11.8 Å². The molecule has 94 valence electrons. The van der Waals surface area contributed by atoms with Crippen molar-refractivity contribution in [3.05, 3.63) is 30.3 Å². The fourth-order valence-electron chi connectivity index (χ4n) is 2.15. The Bertz CT molecular complexity index is 309. The van der Waals surface area contributed by atoms with Crippen LogP contribution in [0.5, 0.6) is 0 Å². The van der Waals surface area contributed by atoms with Crippen LogP contribution in [0.3, 0.4) is 0 Å². The summed E-state index contributed by atoms with van der Waals surface area (Å²) in [6.45, 7) is 0.847. The summed E-state index contributed by atoms with van der Waals surface area (Å²) in [4.78, 5) is 1.32. The highest BCUT2D eigenvalue weighted by Gasteiger charge is 2.18. The summed E-state index contributed by atoms with van der Waals surface area (Å²) in [6, 6.07) is 10.9. The van der Waals surface area contributed by atoms with E-state index in [2.05, 4.69) is 24.3 Å². The molecule has 0 saturated heterocycles. The van der Waals surface area contributed by atoms with Crippen LogP contribution in [0.15, 0.2) is 35.2 Å². The third kappa shape index (κ3) is 4.70. The number of hydrogen-bond donors (Lipinski definition) is 1. The quantitative estimate of drug-likeness (QED) is 0.645. The lowest BCUT2D eigenvalue weighted by Crippen LogP contribution is -2.30. The van der Waals surface area contributed by atoms with Crippen LogP contribution in [0, 0.1) is 0 Å². The van der Waals surface area contributed by atoms with E-state index in [0.717, 1.165) is 38.0 Å². The van der Waals surface area contributed by atoms with E-state index >= 15 is 0 Å². The molecule has 0 unspecified atom stereocenters. The van der Waals surface area contributed by atoms with Gasteiger partial charge in [0, 0.05) is 16.7 Å². The summed E-state index contributed by atoms with van der Waals surface area (Å²) in [6.07, 6.45) is 4.97. The zero-order valence-electron chi connectivity index (χ0n) is 10.2. The number of thioether (sulfide) groups is 1. The zero-order valence-corrected chi connectivity index (χ0v) is 11.0. The van der Waals surface area contributed by atoms with Crippen LogP contribution >= 0.6 is 11.8 Å². The highest BCUT2D eigenvalue weighted by Crippen LogP contribution is 2.21. The van der Waals surface area contributed by atoms with E-state index < -0.39 is 0 Å². The Morgan fingerprint density at radius 2 is 1.82 bits per heavy atom. The predicted octanol–water partition coefficient (Wildman–Crippen LogP) is 3.07. The van der Waals surface area contributed by atoms with Gasteiger partial charge in [0.05, 0.1) is 12.7 Å². The third-order valence-electron chi connectivity index (χ3n) is 3.17. The van der Waals surface area contributed by atoms with Crippen LogP contribution in [0.1, 0.15) is 25.7 Å². The number of ether oxygens (including phenoxy) is 1. The Hall–Kier alpha value is -0.510. The Labute approximate surface area is 108 Å². The number of rotatable bonds is 5. The molecule has 2 rings (SSSR count). The molecule has 1 aromatic carbocycles. The molecule has 1 saturated carbocycles. The van der Waals surface area contributed by atoms with Crippen LogP contribution in [0.2, 0.25) is 0 Å². The molecule has 2 nitrogen and oxygen atoms in total. The minimum absolute atomic E-state index is 0.411. The van der Waals surface area contributed by atoms with E-state index in [1.165, 1.54) is 4.90 Å². The van der Waals surface area contributed by atoms with Crippen molar-refractivity contribution in [2.75, 3.05) is 12.4 Å². The van der Waals surface area contributed by atoms with Gasteiger partial charge in [-0.1, -0.05) is 18.2 Å². The van der Waals surface area contributed by atoms with Crippen LogP contribution in [-0.4, -0.2) is 24.5 Å². The van der Waals surface area contributed by atoms with E-state index in [-0.39, 0.29) is 0 Å². The molecule has 0 aromatic heterocycles. The molecule has 1 fully saturated rings. The lowest BCUT2D eigenvalue weighted by molar-refractivity contribution is 0.0349. The highest BCUT2D eigenvalue weighted by atomic mass is 32.2. The second-order valence-electron chi connectivity index (χ2n) is 4.57. The molecule has 1 aliphatic rings. The van der Waals surface area contributed by atoms with Gasteiger partial charge < -0.3 is 10.5 Å². The second kappa shape index (κ2) is 7.04. The maximum Gasteiger partial charge on any atom is 0.0576 e.